The summed E-state index contributed by atoms with van der Waals surface area (Å²) in [5.41, 5.74) is 1.76. The van der Waals surface area contributed by atoms with Gasteiger partial charge in [-0.15, -0.1) is 10.2 Å². The number of hydrogen-bond acceptors (Lipinski definition) is 5. The fourth-order valence-corrected chi connectivity index (χ4v) is 3.46. The number of ether oxygens (including phenoxy) is 1. The number of carbonyl (C=O) groups is 1. The Labute approximate surface area is 191 Å². The molecule has 0 unspecified atom stereocenters. The summed E-state index contributed by atoms with van der Waals surface area (Å²) in [4.78, 5) is 17.6. The molecule has 0 bridgehead atoms. The van der Waals surface area contributed by atoms with Crippen molar-refractivity contribution in [2.75, 3.05) is 13.6 Å². The molecule has 0 aliphatic carbocycles. The van der Waals surface area contributed by atoms with Crippen LogP contribution in [0.2, 0.25) is 5.02 Å². The lowest BCUT2D eigenvalue weighted by molar-refractivity contribution is -0.121. The highest BCUT2D eigenvalue weighted by Crippen LogP contribution is 2.34. The lowest BCUT2D eigenvalue weighted by Gasteiger charge is -2.14. The van der Waals surface area contributed by atoms with Crippen LogP contribution in [-0.4, -0.2) is 40.0 Å². The molecule has 1 amide bonds. The maximum atomic E-state index is 12.9. The van der Waals surface area contributed by atoms with E-state index in [2.05, 4.69) is 10.2 Å². The van der Waals surface area contributed by atoms with Crippen LogP contribution in [0, 0.1) is 6.85 Å². The van der Waals surface area contributed by atoms with Gasteiger partial charge in [-0.25, -0.2) is 0 Å². The van der Waals surface area contributed by atoms with E-state index in [9.17, 15) is 4.79 Å². The quantitative estimate of drug-likeness (QED) is 0.668. The first kappa shape index (κ1) is 12.5. The maximum Gasteiger partial charge on any atom is 0.222 e. The summed E-state index contributed by atoms with van der Waals surface area (Å²) in [6.07, 6.45) is -0.545. The fourth-order valence-electron chi connectivity index (χ4n) is 3.33. The highest BCUT2D eigenvalue weighted by atomic mass is 35.5. The number of amides is 1. The number of fused-ring (bicyclic) bond motifs is 3. The predicted molar refractivity (Wildman–Crippen MR) is 116 cm³/mol. The van der Waals surface area contributed by atoms with Gasteiger partial charge in [-0.3, -0.25) is 14.4 Å². The number of benzene rings is 2. The van der Waals surface area contributed by atoms with Crippen molar-refractivity contribution in [3.63, 3.8) is 0 Å². The Hall–Kier alpha value is -3.19. The van der Waals surface area contributed by atoms with Crippen LogP contribution >= 0.6 is 11.6 Å². The van der Waals surface area contributed by atoms with E-state index in [1.54, 1.807) is 42.5 Å². The molecule has 0 saturated heterocycles. The van der Waals surface area contributed by atoms with E-state index in [0.29, 0.717) is 33.3 Å². The Morgan fingerprint density at radius 3 is 2.87 bits per heavy atom. The van der Waals surface area contributed by atoms with Gasteiger partial charge in [-0.05, 0) is 44.0 Å². The molecule has 0 saturated carbocycles. The number of aryl methyl sites for hydroxylation is 1. The van der Waals surface area contributed by atoms with Gasteiger partial charge < -0.3 is 10.1 Å². The molecule has 8 heteroatoms. The summed E-state index contributed by atoms with van der Waals surface area (Å²) in [5, 5.41) is 10.3. The molecule has 3 aromatic rings. The van der Waals surface area contributed by atoms with Gasteiger partial charge in [0.15, 0.2) is 5.82 Å². The van der Waals surface area contributed by atoms with Crippen molar-refractivity contribution < 1.29 is 20.5 Å². The van der Waals surface area contributed by atoms with E-state index in [1.807, 2.05) is 5.32 Å². The summed E-state index contributed by atoms with van der Waals surface area (Å²) in [7, 11) is 1.47. The Bertz CT molecular complexity index is 1400. The van der Waals surface area contributed by atoms with Gasteiger partial charge in [-0.2, -0.15) is 0 Å². The minimum absolute atomic E-state index is 0.0103. The highest BCUT2D eigenvalue weighted by molar-refractivity contribution is 6.30. The van der Waals surface area contributed by atoms with Gasteiger partial charge in [0, 0.05) is 33.6 Å². The number of nitrogens with zero attached hydrogens (tertiary/aromatic N) is 4. The molecular formula is C22H22ClN5O2. The second kappa shape index (κ2) is 8.28. The first-order valence-electron chi connectivity index (χ1n) is 12.9. The van der Waals surface area contributed by atoms with Crippen LogP contribution < -0.4 is 10.1 Å². The lowest BCUT2D eigenvalue weighted by Crippen LogP contribution is -2.25. The van der Waals surface area contributed by atoms with E-state index in [-0.39, 0.29) is 11.6 Å². The van der Waals surface area contributed by atoms with Crippen molar-refractivity contribution in [1.29, 1.82) is 0 Å². The van der Waals surface area contributed by atoms with Gasteiger partial charge in [0.05, 0.1) is 24.9 Å². The minimum Gasteiger partial charge on any atom is -0.497 e. The van der Waals surface area contributed by atoms with E-state index in [4.69, 9.17) is 32.3 Å². The maximum absolute atomic E-state index is 12.9. The molecule has 1 N–H and O–H groups in total. The Morgan fingerprint density at radius 2 is 2.13 bits per heavy atom. The van der Waals surface area contributed by atoms with Gasteiger partial charge in [-0.1, -0.05) is 23.7 Å². The average Bonchev–Trinajstić information content (AvgIpc) is 3.22. The molecular weight excluding hydrogens is 402 g/mol. The van der Waals surface area contributed by atoms with Crippen LogP contribution in [-0.2, 0) is 4.79 Å². The smallest absolute Gasteiger partial charge is 0.222 e. The summed E-state index contributed by atoms with van der Waals surface area (Å²) in [5.74, 6) is -0.868. The third kappa shape index (κ3) is 3.68. The minimum atomic E-state index is -3.12. The molecule has 2 aromatic carbocycles. The van der Waals surface area contributed by atoms with Crippen LogP contribution in [0.3, 0.4) is 0 Å². The zero-order valence-corrected chi connectivity index (χ0v) is 16.6. The number of aromatic nitrogens is 3. The largest absolute Gasteiger partial charge is 0.497 e. The third-order valence-corrected chi connectivity index (χ3v) is 4.92. The molecule has 7 nitrogen and oxygen atoms in total. The normalized spacial score (nSPS) is 20.2. The van der Waals surface area contributed by atoms with Crippen LogP contribution in [0.15, 0.2) is 47.5 Å². The first-order valence-corrected chi connectivity index (χ1v) is 9.29. The number of nitrogens with one attached hydrogen (secondary N) is 1. The Kier molecular flexibility index (Phi) is 3.45. The Balaban J connectivity index is 1.93. The number of rotatable bonds is 5. The van der Waals surface area contributed by atoms with E-state index >= 15 is 0 Å². The third-order valence-electron chi connectivity index (χ3n) is 4.67. The van der Waals surface area contributed by atoms with Crippen LogP contribution in [0.1, 0.15) is 53.1 Å². The molecule has 1 aliphatic rings. The van der Waals surface area contributed by atoms with Crippen molar-refractivity contribution in [2.45, 2.75) is 26.2 Å². The summed E-state index contributed by atoms with van der Waals surface area (Å²) >= 11 is 6.07. The molecule has 1 aliphatic heterocycles. The van der Waals surface area contributed by atoms with E-state index in [0.717, 1.165) is 0 Å². The SMILES string of the molecule is [2H]C([2H])([2H])c1nnc2n1-c1ccc(OC)cc1C(c1ccc(Cl)cc1)=N[C@H]2CC(=O)NC([2H])([2H])C([2H])([2H])[2H]. The van der Waals surface area contributed by atoms with E-state index < -0.39 is 38.6 Å². The first-order chi connectivity index (χ1) is 17.6. The summed E-state index contributed by atoms with van der Waals surface area (Å²) in [6, 6.07) is 10.4. The zero-order valence-electron chi connectivity index (χ0n) is 23.8. The molecule has 1 atom stereocenters. The van der Waals surface area contributed by atoms with Crippen molar-refractivity contribution in [3.8, 4) is 11.4 Å². The topological polar surface area (TPSA) is 81.4 Å². The lowest BCUT2D eigenvalue weighted by atomic mass is 10.00. The second-order valence-corrected chi connectivity index (χ2v) is 6.91. The number of halogens is 1. The van der Waals surface area contributed by atoms with Gasteiger partial charge >= 0.3 is 0 Å². The molecule has 4 rings (SSSR count). The van der Waals surface area contributed by atoms with Gasteiger partial charge in [0.1, 0.15) is 17.6 Å². The number of aliphatic imine (C=N–C) groups is 1. The van der Waals surface area contributed by atoms with Crippen LogP contribution in [0.4, 0.5) is 0 Å². The van der Waals surface area contributed by atoms with Crippen molar-refractivity contribution in [2.24, 2.45) is 4.99 Å². The highest BCUT2D eigenvalue weighted by Gasteiger charge is 2.29. The predicted octanol–water partition coefficient (Wildman–Crippen LogP) is 3.66. The molecule has 0 spiro atoms. The molecule has 154 valence electrons. The molecule has 2 heterocycles. The average molecular weight is 432 g/mol. The standard InChI is InChI=1S/C22H22ClN5O2/c1-4-24-20(29)12-18-22-27-26-13(2)28(22)19-10-9-16(30-3)11-17(19)21(25-18)14-5-7-15(23)8-6-14/h5-11,18H,4,12H2,1-3H3,(H,24,29)/t18-/m0/s1/i1D3,2D3,4D2. The van der Waals surface area contributed by atoms with E-state index in [1.165, 1.54) is 11.7 Å². The molecule has 0 radical (unpaired) electrons. The Morgan fingerprint density at radius 1 is 1.30 bits per heavy atom. The van der Waals surface area contributed by atoms with Crippen LogP contribution in [0.5, 0.6) is 5.75 Å². The molecule has 1 aromatic heterocycles. The van der Waals surface area contributed by atoms with Gasteiger partial charge in [0.25, 0.3) is 0 Å². The fraction of sp³-hybridized carbons (Fsp3) is 0.273. The van der Waals surface area contributed by atoms with Crippen molar-refractivity contribution in [1.82, 2.24) is 20.1 Å². The summed E-state index contributed by atoms with van der Waals surface area (Å²) in [6.45, 7) is -8.81. The second-order valence-electron chi connectivity index (χ2n) is 6.48. The van der Waals surface area contributed by atoms with Gasteiger partial charge in [0.2, 0.25) is 5.91 Å². The molecule has 0 fully saturated rings. The number of hydrogen-bond donors (Lipinski definition) is 1. The number of methoxy groups -OCH3 is 1. The monoisotopic (exact) mass is 431 g/mol. The summed E-state index contributed by atoms with van der Waals surface area (Å²) < 4.78 is 68.2. The van der Waals surface area contributed by atoms with Crippen molar-refractivity contribution in [3.05, 3.63) is 70.3 Å². The van der Waals surface area contributed by atoms with Crippen LogP contribution in [0.25, 0.3) is 5.69 Å². The van der Waals surface area contributed by atoms with Crippen molar-refractivity contribution >= 4 is 23.2 Å². The zero-order chi connectivity index (χ0) is 28.0. The molecule has 30 heavy (non-hydrogen) atoms. The number of carbonyl (C=O) groups excluding carboxylic acids is 1.